The van der Waals surface area contributed by atoms with Gasteiger partial charge in [-0.1, -0.05) is 12.1 Å². The van der Waals surface area contributed by atoms with Crippen LogP contribution in [0.2, 0.25) is 0 Å². The maximum atomic E-state index is 13.4. The number of benzene rings is 1. The van der Waals surface area contributed by atoms with Crippen LogP contribution in [0.1, 0.15) is 28.8 Å². The number of carbonyl (C=O) groups excluding carboxylic acids is 1. The maximum absolute atomic E-state index is 13.4. The molecule has 0 atom stereocenters. The molecule has 3 aromatic rings. The van der Waals surface area contributed by atoms with Crippen LogP contribution in [0.4, 0.5) is 4.39 Å². The van der Waals surface area contributed by atoms with Crippen molar-refractivity contribution in [2.45, 2.75) is 25.4 Å². The summed E-state index contributed by atoms with van der Waals surface area (Å²) in [4.78, 5) is 31.8. The molecule has 0 saturated heterocycles. The largest absolute Gasteiger partial charge is 0.331 e. The summed E-state index contributed by atoms with van der Waals surface area (Å²) in [7, 11) is 0. The third-order valence-electron chi connectivity index (χ3n) is 4.06. The van der Waals surface area contributed by atoms with Gasteiger partial charge in [-0.2, -0.15) is 0 Å². The Kier molecular flexibility index (Phi) is 3.65. The molecule has 1 saturated carbocycles. The second-order valence-electron chi connectivity index (χ2n) is 5.83. The Bertz CT molecular complexity index is 977. The Morgan fingerprint density at radius 1 is 1.42 bits per heavy atom. The molecular weight excluding hydrogens is 329 g/mol. The lowest BCUT2D eigenvalue weighted by molar-refractivity contribution is 0.0727. The SMILES string of the molecule is O=C(c1cnc2sccn2c1=O)N(Cc1cccc(F)c1)C1CC1. The van der Waals surface area contributed by atoms with E-state index in [1.54, 1.807) is 28.6 Å². The zero-order valence-corrected chi connectivity index (χ0v) is 13.5. The van der Waals surface area contributed by atoms with E-state index in [1.807, 2.05) is 0 Å². The van der Waals surface area contributed by atoms with Gasteiger partial charge in [0.1, 0.15) is 11.4 Å². The van der Waals surface area contributed by atoms with E-state index in [0.29, 0.717) is 10.5 Å². The minimum absolute atomic E-state index is 0.0502. The topological polar surface area (TPSA) is 54.7 Å². The summed E-state index contributed by atoms with van der Waals surface area (Å²) in [6.07, 6.45) is 4.75. The number of hydrogen-bond acceptors (Lipinski definition) is 4. The summed E-state index contributed by atoms with van der Waals surface area (Å²) >= 11 is 1.34. The molecular formula is C17H14FN3O2S. The fourth-order valence-corrected chi connectivity index (χ4v) is 3.39. The molecule has 0 radical (unpaired) electrons. The van der Waals surface area contributed by atoms with Gasteiger partial charge in [-0.25, -0.2) is 9.37 Å². The molecule has 2 heterocycles. The van der Waals surface area contributed by atoms with Crippen molar-refractivity contribution in [2.75, 3.05) is 0 Å². The lowest BCUT2D eigenvalue weighted by Crippen LogP contribution is -2.36. The fraction of sp³-hybridized carbons (Fsp3) is 0.235. The Morgan fingerprint density at radius 3 is 3.00 bits per heavy atom. The second kappa shape index (κ2) is 5.83. The summed E-state index contributed by atoms with van der Waals surface area (Å²) in [6, 6.07) is 6.28. The van der Waals surface area contributed by atoms with Crippen LogP contribution in [-0.4, -0.2) is 26.2 Å². The number of thiazole rings is 1. The average molecular weight is 343 g/mol. The van der Waals surface area contributed by atoms with Crippen molar-refractivity contribution >= 4 is 22.2 Å². The minimum Gasteiger partial charge on any atom is -0.331 e. The van der Waals surface area contributed by atoms with Crippen molar-refractivity contribution in [1.29, 1.82) is 0 Å². The van der Waals surface area contributed by atoms with Crippen LogP contribution in [-0.2, 0) is 6.54 Å². The van der Waals surface area contributed by atoms with E-state index in [1.165, 1.54) is 34.1 Å². The minimum atomic E-state index is -0.365. The van der Waals surface area contributed by atoms with Gasteiger partial charge < -0.3 is 4.90 Å². The van der Waals surface area contributed by atoms with Gasteiger partial charge >= 0.3 is 0 Å². The van der Waals surface area contributed by atoms with Crippen LogP contribution in [0.3, 0.4) is 0 Å². The molecule has 1 fully saturated rings. The molecule has 4 rings (SSSR count). The van der Waals surface area contributed by atoms with E-state index in [9.17, 15) is 14.0 Å². The van der Waals surface area contributed by atoms with Gasteiger partial charge in [0.05, 0.1) is 0 Å². The number of amides is 1. The average Bonchev–Trinajstić information content (AvgIpc) is 3.29. The Morgan fingerprint density at radius 2 is 2.25 bits per heavy atom. The molecule has 1 aliphatic carbocycles. The highest BCUT2D eigenvalue weighted by Gasteiger charge is 2.34. The molecule has 0 N–H and O–H groups in total. The predicted molar refractivity (Wildman–Crippen MR) is 88.6 cm³/mol. The Balaban J connectivity index is 1.68. The molecule has 24 heavy (non-hydrogen) atoms. The summed E-state index contributed by atoms with van der Waals surface area (Å²) < 4.78 is 14.8. The first-order valence-corrected chi connectivity index (χ1v) is 8.52. The fourth-order valence-electron chi connectivity index (χ4n) is 2.71. The van der Waals surface area contributed by atoms with Gasteiger partial charge in [0.15, 0.2) is 4.96 Å². The van der Waals surface area contributed by atoms with Crippen molar-refractivity contribution in [3.8, 4) is 0 Å². The van der Waals surface area contributed by atoms with E-state index in [2.05, 4.69) is 4.98 Å². The van der Waals surface area contributed by atoms with E-state index < -0.39 is 0 Å². The molecule has 5 nitrogen and oxygen atoms in total. The lowest BCUT2D eigenvalue weighted by Gasteiger charge is -2.22. The number of halogens is 1. The van der Waals surface area contributed by atoms with Gasteiger partial charge in [0.2, 0.25) is 0 Å². The van der Waals surface area contributed by atoms with E-state index in [0.717, 1.165) is 12.8 Å². The highest BCUT2D eigenvalue weighted by Crippen LogP contribution is 2.29. The number of fused-ring (bicyclic) bond motifs is 1. The number of nitrogens with zero attached hydrogens (tertiary/aromatic N) is 3. The van der Waals surface area contributed by atoms with Crippen molar-refractivity contribution in [3.05, 3.63) is 69.3 Å². The molecule has 1 amide bonds. The van der Waals surface area contributed by atoms with Crippen LogP contribution in [0.25, 0.3) is 4.96 Å². The smallest absolute Gasteiger partial charge is 0.271 e. The summed E-state index contributed by atoms with van der Waals surface area (Å²) in [6.45, 7) is 0.285. The van der Waals surface area contributed by atoms with Crippen LogP contribution in [0.5, 0.6) is 0 Å². The molecule has 122 valence electrons. The van der Waals surface area contributed by atoms with E-state index in [-0.39, 0.29) is 35.4 Å². The summed E-state index contributed by atoms with van der Waals surface area (Å²) in [5.41, 5.74) is 0.394. The quantitative estimate of drug-likeness (QED) is 0.732. The Labute approximate surface area is 141 Å². The van der Waals surface area contributed by atoms with Gasteiger partial charge in [0, 0.05) is 30.4 Å². The molecule has 0 unspecified atom stereocenters. The third-order valence-corrected chi connectivity index (χ3v) is 4.83. The number of carbonyl (C=O) groups is 1. The van der Waals surface area contributed by atoms with Crippen LogP contribution in [0.15, 0.2) is 46.8 Å². The van der Waals surface area contributed by atoms with Crippen LogP contribution in [0, 0.1) is 5.82 Å². The maximum Gasteiger partial charge on any atom is 0.271 e. The first-order chi connectivity index (χ1) is 11.6. The third kappa shape index (κ3) is 2.71. The molecule has 1 aliphatic rings. The van der Waals surface area contributed by atoms with Gasteiger partial charge in [0.25, 0.3) is 11.5 Å². The first-order valence-electron chi connectivity index (χ1n) is 7.64. The molecule has 0 spiro atoms. The molecule has 2 aromatic heterocycles. The number of aromatic nitrogens is 2. The van der Waals surface area contributed by atoms with Gasteiger partial charge in [-0.05, 0) is 30.5 Å². The zero-order chi connectivity index (χ0) is 16.7. The zero-order valence-electron chi connectivity index (χ0n) is 12.7. The molecule has 0 aliphatic heterocycles. The van der Waals surface area contributed by atoms with Crippen LogP contribution >= 0.6 is 11.3 Å². The highest BCUT2D eigenvalue weighted by atomic mass is 32.1. The monoisotopic (exact) mass is 343 g/mol. The lowest BCUT2D eigenvalue weighted by atomic mass is 10.2. The number of hydrogen-bond donors (Lipinski definition) is 0. The predicted octanol–water partition coefficient (Wildman–Crippen LogP) is 2.70. The Hall–Kier alpha value is -2.54. The van der Waals surface area contributed by atoms with Crippen LogP contribution < -0.4 is 5.56 Å². The number of rotatable bonds is 4. The highest BCUT2D eigenvalue weighted by molar-refractivity contribution is 7.15. The van der Waals surface area contributed by atoms with Crippen molar-refractivity contribution in [2.24, 2.45) is 0 Å². The molecule has 0 bridgehead atoms. The second-order valence-corrected chi connectivity index (χ2v) is 6.70. The summed E-state index contributed by atoms with van der Waals surface area (Å²) in [5.74, 6) is -0.683. The van der Waals surface area contributed by atoms with Crippen molar-refractivity contribution < 1.29 is 9.18 Å². The molecule has 7 heteroatoms. The van der Waals surface area contributed by atoms with E-state index >= 15 is 0 Å². The standard InChI is InChI=1S/C17H14FN3O2S/c18-12-3-1-2-11(8-12)10-21(13-4-5-13)16(23)14-9-19-17-20(15(14)22)6-7-24-17/h1-3,6-9,13H,4-5,10H2. The first kappa shape index (κ1) is 15.0. The van der Waals surface area contributed by atoms with Gasteiger partial charge in [-0.3, -0.25) is 14.0 Å². The normalized spacial score (nSPS) is 14.0. The molecule has 1 aromatic carbocycles. The van der Waals surface area contributed by atoms with Crippen molar-refractivity contribution in [3.63, 3.8) is 0 Å². The van der Waals surface area contributed by atoms with Crippen molar-refractivity contribution in [1.82, 2.24) is 14.3 Å². The summed E-state index contributed by atoms with van der Waals surface area (Å²) in [5, 5.41) is 1.75. The van der Waals surface area contributed by atoms with E-state index in [4.69, 9.17) is 0 Å². The van der Waals surface area contributed by atoms with Gasteiger partial charge in [-0.15, -0.1) is 11.3 Å².